The Labute approximate surface area is 173 Å². The van der Waals surface area contributed by atoms with Gasteiger partial charge >= 0.3 is 0 Å². The van der Waals surface area contributed by atoms with E-state index in [4.69, 9.17) is 9.51 Å². The number of piperidine rings is 1. The zero-order valence-electron chi connectivity index (χ0n) is 17.1. The van der Waals surface area contributed by atoms with Crippen molar-refractivity contribution in [1.29, 1.82) is 0 Å². The van der Waals surface area contributed by atoms with E-state index in [-0.39, 0.29) is 11.8 Å². The van der Waals surface area contributed by atoms with E-state index < -0.39 is 0 Å². The average Bonchev–Trinajstić information content (AvgIpc) is 3.51. The minimum atomic E-state index is -0.105. The summed E-state index contributed by atoms with van der Waals surface area (Å²) in [6.07, 6.45) is 3.69. The average molecular weight is 404 g/mol. The van der Waals surface area contributed by atoms with Gasteiger partial charge in [0.15, 0.2) is 11.5 Å². The van der Waals surface area contributed by atoms with Gasteiger partial charge in [0, 0.05) is 37.3 Å². The minimum absolute atomic E-state index is 0.105. The first-order valence-electron chi connectivity index (χ1n) is 10.4. The highest BCUT2D eigenvalue weighted by molar-refractivity contribution is 5.93. The van der Waals surface area contributed by atoms with Crippen molar-refractivity contribution in [2.75, 3.05) is 13.1 Å². The number of aromatic amines is 1. The van der Waals surface area contributed by atoms with Gasteiger partial charge in [-0.25, -0.2) is 4.98 Å². The van der Waals surface area contributed by atoms with E-state index in [1.807, 2.05) is 47.7 Å². The van der Waals surface area contributed by atoms with Gasteiger partial charge in [-0.15, -0.1) is 0 Å². The zero-order chi connectivity index (χ0) is 20.7. The lowest BCUT2D eigenvalue weighted by Crippen LogP contribution is -2.39. The van der Waals surface area contributed by atoms with Gasteiger partial charge in [0.2, 0.25) is 0 Å². The summed E-state index contributed by atoms with van der Waals surface area (Å²) in [5.74, 6) is 1.59. The Hall–Kier alpha value is -3.42. The molecule has 0 radical (unpaired) electrons. The molecule has 1 aromatic carbocycles. The number of carbonyl (C=O) groups excluding carboxylic acids is 1. The lowest BCUT2D eigenvalue weighted by Gasteiger charge is -2.31. The number of aromatic nitrogens is 5. The highest BCUT2D eigenvalue weighted by atomic mass is 16.5. The van der Waals surface area contributed by atoms with Crippen LogP contribution < -0.4 is 0 Å². The van der Waals surface area contributed by atoms with Gasteiger partial charge in [-0.1, -0.05) is 17.3 Å². The summed E-state index contributed by atoms with van der Waals surface area (Å²) >= 11 is 0. The van der Waals surface area contributed by atoms with E-state index in [1.54, 1.807) is 12.3 Å². The number of amides is 1. The summed E-state index contributed by atoms with van der Waals surface area (Å²) in [4.78, 5) is 23.1. The maximum absolute atomic E-state index is 13.1. The van der Waals surface area contributed by atoms with Crippen molar-refractivity contribution < 1.29 is 9.32 Å². The number of para-hydroxylation sites is 2. The fraction of sp³-hybridized carbons (Fsp3) is 0.364. The Morgan fingerprint density at radius 2 is 2.20 bits per heavy atom. The fourth-order valence-electron chi connectivity index (χ4n) is 4.22. The van der Waals surface area contributed by atoms with Gasteiger partial charge in [0.1, 0.15) is 5.82 Å². The number of likely N-dealkylation sites (tertiary alicyclic amines) is 1. The van der Waals surface area contributed by atoms with Crippen LogP contribution in [0.15, 0.2) is 41.1 Å². The Balaban J connectivity index is 1.34. The number of nitrogens with zero attached hydrogens (tertiary/aromatic N) is 5. The maximum atomic E-state index is 13.1. The predicted octanol–water partition coefficient (Wildman–Crippen LogP) is 3.76. The molecule has 4 aromatic rings. The molecule has 1 saturated heterocycles. The molecule has 154 valence electrons. The zero-order valence-corrected chi connectivity index (χ0v) is 17.1. The summed E-state index contributed by atoms with van der Waals surface area (Å²) < 4.78 is 7.37. The number of rotatable bonds is 4. The molecule has 1 aliphatic heterocycles. The summed E-state index contributed by atoms with van der Waals surface area (Å²) in [5, 5.41) is 8.39. The quantitative estimate of drug-likeness (QED) is 0.559. The van der Waals surface area contributed by atoms with Gasteiger partial charge < -0.3 is 14.4 Å². The second kappa shape index (κ2) is 7.44. The number of hydrogen-bond donors (Lipinski definition) is 1. The lowest BCUT2D eigenvalue weighted by molar-refractivity contribution is 0.0694. The molecule has 1 amide bonds. The number of aryl methyl sites for hydroxylation is 1. The van der Waals surface area contributed by atoms with Gasteiger partial charge in [0.05, 0.1) is 22.8 Å². The van der Waals surface area contributed by atoms with Crippen molar-refractivity contribution in [3.05, 3.63) is 53.7 Å². The molecule has 1 fully saturated rings. The van der Waals surface area contributed by atoms with Gasteiger partial charge in [-0.05, 0) is 38.8 Å². The molecule has 8 heteroatoms. The third kappa shape index (κ3) is 3.18. The molecule has 1 unspecified atom stereocenters. The smallest absolute Gasteiger partial charge is 0.276 e. The van der Waals surface area contributed by atoms with E-state index in [0.717, 1.165) is 47.5 Å². The summed E-state index contributed by atoms with van der Waals surface area (Å²) in [5.41, 5.74) is 4.18. The van der Waals surface area contributed by atoms with Crippen LogP contribution in [0.25, 0.3) is 22.4 Å². The first-order valence-corrected chi connectivity index (χ1v) is 10.4. The van der Waals surface area contributed by atoms with Gasteiger partial charge in [0.25, 0.3) is 5.91 Å². The lowest BCUT2D eigenvalue weighted by atomic mass is 9.97. The first-order chi connectivity index (χ1) is 14.6. The second-order valence-corrected chi connectivity index (χ2v) is 7.77. The Kier molecular flexibility index (Phi) is 4.61. The number of fused-ring (bicyclic) bond motifs is 1. The SMILES string of the molecule is CCn1ncc(-c2cc(C(=O)N3CCCC(c4nc5ccccc5[nH]4)C3)no2)c1C. The van der Waals surface area contributed by atoms with E-state index in [1.165, 1.54) is 0 Å². The summed E-state index contributed by atoms with van der Waals surface area (Å²) in [6.45, 7) is 6.13. The Morgan fingerprint density at radius 3 is 3.00 bits per heavy atom. The molecule has 5 rings (SSSR count). The third-order valence-corrected chi connectivity index (χ3v) is 5.90. The van der Waals surface area contributed by atoms with Crippen LogP contribution in [0.2, 0.25) is 0 Å². The number of imidazole rings is 1. The number of carbonyl (C=O) groups is 1. The molecule has 3 aromatic heterocycles. The largest absolute Gasteiger partial charge is 0.355 e. The van der Waals surface area contributed by atoms with Crippen LogP contribution in [-0.2, 0) is 6.54 Å². The van der Waals surface area contributed by atoms with Crippen molar-refractivity contribution in [3.8, 4) is 11.3 Å². The van der Waals surface area contributed by atoms with Crippen LogP contribution in [-0.4, -0.2) is 48.8 Å². The van der Waals surface area contributed by atoms with Crippen LogP contribution in [0.5, 0.6) is 0 Å². The summed E-state index contributed by atoms with van der Waals surface area (Å²) in [7, 11) is 0. The summed E-state index contributed by atoms with van der Waals surface area (Å²) in [6, 6.07) is 9.72. The second-order valence-electron chi connectivity index (χ2n) is 7.77. The van der Waals surface area contributed by atoms with Crippen molar-refractivity contribution in [3.63, 3.8) is 0 Å². The van der Waals surface area contributed by atoms with E-state index in [9.17, 15) is 4.79 Å². The molecule has 0 saturated carbocycles. The Bertz CT molecular complexity index is 1170. The van der Waals surface area contributed by atoms with E-state index in [0.29, 0.717) is 24.5 Å². The number of H-pyrrole nitrogens is 1. The molecular formula is C22H24N6O2. The van der Waals surface area contributed by atoms with Crippen molar-refractivity contribution in [1.82, 2.24) is 29.8 Å². The molecule has 8 nitrogen and oxygen atoms in total. The van der Waals surface area contributed by atoms with Gasteiger partial charge in [-0.3, -0.25) is 9.48 Å². The Morgan fingerprint density at radius 1 is 1.33 bits per heavy atom. The molecule has 4 heterocycles. The van der Waals surface area contributed by atoms with Crippen molar-refractivity contribution >= 4 is 16.9 Å². The van der Waals surface area contributed by atoms with Crippen LogP contribution >= 0.6 is 0 Å². The number of nitrogens with one attached hydrogen (secondary N) is 1. The van der Waals surface area contributed by atoms with E-state index in [2.05, 4.69) is 15.2 Å². The highest BCUT2D eigenvalue weighted by Gasteiger charge is 2.29. The van der Waals surface area contributed by atoms with Crippen molar-refractivity contribution in [2.24, 2.45) is 0 Å². The molecule has 1 atom stereocenters. The van der Waals surface area contributed by atoms with Crippen LogP contribution in [0.4, 0.5) is 0 Å². The number of hydrogen-bond acceptors (Lipinski definition) is 5. The topological polar surface area (TPSA) is 92.8 Å². The standard InChI is InChI=1S/C22H24N6O2/c1-3-28-14(2)16(12-23-28)20-11-19(26-30-20)22(29)27-10-6-7-15(13-27)21-24-17-8-4-5-9-18(17)25-21/h4-5,8-9,11-12,15H,3,6-7,10,13H2,1-2H3,(H,24,25). The minimum Gasteiger partial charge on any atom is -0.355 e. The monoisotopic (exact) mass is 404 g/mol. The predicted molar refractivity (Wildman–Crippen MR) is 112 cm³/mol. The normalized spacial score (nSPS) is 17.0. The molecule has 0 spiro atoms. The van der Waals surface area contributed by atoms with Gasteiger partial charge in [-0.2, -0.15) is 5.10 Å². The van der Waals surface area contributed by atoms with E-state index >= 15 is 0 Å². The maximum Gasteiger partial charge on any atom is 0.276 e. The molecule has 1 N–H and O–H groups in total. The third-order valence-electron chi connectivity index (χ3n) is 5.90. The van der Waals surface area contributed by atoms with Crippen LogP contribution in [0.3, 0.4) is 0 Å². The molecular weight excluding hydrogens is 380 g/mol. The molecule has 30 heavy (non-hydrogen) atoms. The molecule has 1 aliphatic rings. The fourth-order valence-corrected chi connectivity index (χ4v) is 4.22. The number of benzene rings is 1. The van der Waals surface area contributed by atoms with Crippen molar-refractivity contribution in [2.45, 2.75) is 39.2 Å². The van der Waals surface area contributed by atoms with Crippen LogP contribution in [0.1, 0.15) is 47.7 Å². The highest BCUT2D eigenvalue weighted by Crippen LogP contribution is 2.29. The van der Waals surface area contributed by atoms with Crippen LogP contribution in [0, 0.1) is 6.92 Å². The molecule has 0 aliphatic carbocycles. The molecule has 0 bridgehead atoms. The first kappa shape index (κ1) is 18.6.